The van der Waals surface area contributed by atoms with Gasteiger partial charge in [0, 0.05) is 11.8 Å². The molecule has 2 nitrogen and oxygen atoms in total. The minimum Gasteiger partial charge on any atom is -0.317 e. The number of pyridine rings is 1. The van der Waals surface area contributed by atoms with E-state index in [2.05, 4.69) is 4.98 Å². The Balaban J connectivity index is 3.19. The Morgan fingerprint density at radius 1 is 1.50 bits per heavy atom. The molecule has 1 aromatic rings. The van der Waals surface area contributed by atoms with E-state index in [0.717, 1.165) is 6.20 Å². The Bertz CT molecular complexity index is 342. The van der Waals surface area contributed by atoms with Crippen LogP contribution in [0.15, 0.2) is 12.3 Å². The molecule has 0 aliphatic rings. The van der Waals surface area contributed by atoms with E-state index in [1.807, 2.05) is 0 Å². The minimum atomic E-state index is -2.72. The summed E-state index contributed by atoms with van der Waals surface area (Å²) in [6, 6.07) is 1.28. The average Bonchev–Trinajstić information content (AvgIpc) is 2.02. The molecule has 0 aliphatic carbocycles. The molecule has 1 unspecified atom stereocenters. The third kappa shape index (κ3) is 2.13. The molecule has 78 valence electrons. The highest BCUT2D eigenvalue weighted by molar-refractivity contribution is 6.34. The summed E-state index contributed by atoms with van der Waals surface area (Å²) in [5.74, 6) is 0. The summed E-state index contributed by atoms with van der Waals surface area (Å²) >= 11 is 11.2. The summed E-state index contributed by atoms with van der Waals surface area (Å²) in [6.07, 6.45) is -1.56. The Morgan fingerprint density at radius 2 is 2.07 bits per heavy atom. The van der Waals surface area contributed by atoms with Gasteiger partial charge in [-0.25, -0.2) is 13.8 Å². The van der Waals surface area contributed by atoms with Crippen molar-refractivity contribution < 1.29 is 8.78 Å². The van der Waals surface area contributed by atoms with Crippen LogP contribution in [-0.4, -0.2) is 11.4 Å². The number of halogens is 4. The molecule has 0 saturated carbocycles. The zero-order valence-electron chi connectivity index (χ0n) is 7.27. The van der Waals surface area contributed by atoms with Crippen LogP contribution in [0.5, 0.6) is 0 Å². The molecule has 6 heteroatoms. The second kappa shape index (κ2) is 3.96. The van der Waals surface area contributed by atoms with Crippen LogP contribution >= 0.6 is 23.2 Å². The van der Waals surface area contributed by atoms with Crippen molar-refractivity contribution in [2.24, 2.45) is 5.73 Å². The zero-order chi connectivity index (χ0) is 10.9. The van der Waals surface area contributed by atoms with E-state index >= 15 is 0 Å². The summed E-state index contributed by atoms with van der Waals surface area (Å²) < 4.78 is 25.1. The quantitative estimate of drug-likeness (QED) is 0.808. The van der Waals surface area contributed by atoms with Gasteiger partial charge < -0.3 is 5.73 Å². The first-order chi connectivity index (χ1) is 6.35. The third-order valence-electron chi connectivity index (χ3n) is 1.85. The highest BCUT2D eigenvalue weighted by atomic mass is 35.5. The maximum absolute atomic E-state index is 12.5. The topological polar surface area (TPSA) is 38.9 Å². The molecule has 2 N–H and O–H groups in total. The molecule has 0 aromatic carbocycles. The highest BCUT2D eigenvalue weighted by Crippen LogP contribution is 2.31. The van der Waals surface area contributed by atoms with Gasteiger partial charge in [-0.05, 0) is 13.0 Å². The molecule has 0 spiro atoms. The van der Waals surface area contributed by atoms with E-state index in [-0.39, 0.29) is 15.7 Å². The summed E-state index contributed by atoms with van der Waals surface area (Å²) in [5, 5.41) is 0.235. The van der Waals surface area contributed by atoms with E-state index in [9.17, 15) is 8.78 Å². The fourth-order valence-electron chi connectivity index (χ4n) is 0.921. The number of rotatable bonds is 2. The van der Waals surface area contributed by atoms with Gasteiger partial charge in [-0.1, -0.05) is 23.2 Å². The fraction of sp³-hybridized carbons (Fsp3) is 0.375. The summed E-state index contributed by atoms with van der Waals surface area (Å²) in [7, 11) is 0. The van der Waals surface area contributed by atoms with Crippen LogP contribution in [0.2, 0.25) is 10.2 Å². The number of aromatic nitrogens is 1. The lowest BCUT2D eigenvalue weighted by molar-refractivity contribution is 0.0624. The van der Waals surface area contributed by atoms with Crippen molar-refractivity contribution >= 4 is 23.2 Å². The van der Waals surface area contributed by atoms with Crippen molar-refractivity contribution in [3.63, 3.8) is 0 Å². The zero-order valence-corrected chi connectivity index (χ0v) is 8.78. The number of alkyl halides is 2. The van der Waals surface area contributed by atoms with Gasteiger partial charge in [0.15, 0.2) is 0 Å². The van der Waals surface area contributed by atoms with Crippen molar-refractivity contribution in [1.29, 1.82) is 0 Å². The van der Waals surface area contributed by atoms with Crippen molar-refractivity contribution in [1.82, 2.24) is 4.98 Å². The molecule has 0 fully saturated rings. The Labute approximate surface area is 90.0 Å². The Hall–Kier alpha value is -0.450. The number of hydrogen-bond acceptors (Lipinski definition) is 2. The van der Waals surface area contributed by atoms with Crippen LogP contribution in [0.4, 0.5) is 8.78 Å². The molecule has 0 radical (unpaired) electrons. The molecule has 0 saturated heterocycles. The molecule has 1 rings (SSSR count). The van der Waals surface area contributed by atoms with Gasteiger partial charge in [0.05, 0.1) is 5.02 Å². The van der Waals surface area contributed by atoms with Gasteiger partial charge in [-0.3, -0.25) is 0 Å². The van der Waals surface area contributed by atoms with Crippen LogP contribution in [0.1, 0.15) is 12.5 Å². The largest absolute Gasteiger partial charge is 0.317 e. The van der Waals surface area contributed by atoms with Gasteiger partial charge in [0.25, 0.3) is 6.43 Å². The Morgan fingerprint density at radius 3 is 2.50 bits per heavy atom. The lowest BCUT2D eigenvalue weighted by Gasteiger charge is -2.24. The lowest BCUT2D eigenvalue weighted by Crippen LogP contribution is -2.41. The number of nitrogens with two attached hydrogens (primary N) is 1. The third-order valence-corrected chi connectivity index (χ3v) is 2.37. The van der Waals surface area contributed by atoms with E-state index < -0.39 is 12.0 Å². The fourth-order valence-corrected chi connectivity index (χ4v) is 1.49. The van der Waals surface area contributed by atoms with E-state index in [0.29, 0.717) is 0 Å². The first kappa shape index (κ1) is 11.6. The second-order valence-electron chi connectivity index (χ2n) is 3.07. The van der Waals surface area contributed by atoms with Crippen molar-refractivity contribution in [2.45, 2.75) is 18.9 Å². The first-order valence-corrected chi connectivity index (χ1v) is 4.50. The molecular formula is C8H8Cl2F2N2. The van der Waals surface area contributed by atoms with Gasteiger partial charge in [0.1, 0.15) is 10.7 Å². The van der Waals surface area contributed by atoms with Gasteiger partial charge >= 0.3 is 0 Å². The van der Waals surface area contributed by atoms with Crippen molar-refractivity contribution in [3.05, 3.63) is 28.0 Å². The molecule has 1 atom stereocenters. The van der Waals surface area contributed by atoms with Crippen LogP contribution in [0.25, 0.3) is 0 Å². The molecule has 14 heavy (non-hydrogen) atoms. The summed E-state index contributed by atoms with van der Waals surface area (Å²) in [4.78, 5) is 3.66. The predicted molar refractivity (Wildman–Crippen MR) is 51.8 cm³/mol. The van der Waals surface area contributed by atoms with Crippen LogP contribution < -0.4 is 5.73 Å². The minimum absolute atomic E-state index is 0.0820. The van der Waals surface area contributed by atoms with Crippen molar-refractivity contribution in [2.75, 3.05) is 0 Å². The first-order valence-electron chi connectivity index (χ1n) is 3.74. The SMILES string of the molecule is CC(N)(c1cnc(Cl)cc1Cl)C(F)F. The van der Waals surface area contributed by atoms with E-state index in [1.165, 1.54) is 13.0 Å². The van der Waals surface area contributed by atoms with Crippen LogP contribution in [0, 0.1) is 0 Å². The van der Waals surface area contributed by atoms with E-state index in [1.54, 1.807) is 0 Å². The van der Waals surface area contributed by atoms with Gasteiger partial charge in [-0.15, -0.1) is 0 Å². The predicted octanol–water partition coefficient (Wildman–Crippen LogP) is 2.83. The maximum atomic E-state index is 12.5. The number of nitrogens with zero attached hydrogens (tertiary/aromatic N) is 1. The maximum Gasteiger partial charge on any atom is 0.260 e. The van der Waals surface area contributed by atoms with Crippen LogP contribution in [0.3, 0.4) is 0 Å². The Kier molecular flexibility index (Phi) is 3.29. The normalized spacial score (nSPS) is 15.6. The standard InChI is InChI=1S/C8H8Cl2F2N2/c1-8(13,7(11)12)4-3-14-6(10)2-5(4)9/h2-3,7H,13H2,1H3. The van der Waals surface area contributed by atoms with E-state index in [4.69, 9.17) is 28.9 Å². The molecule has 1 aromatic heterocycles. The monoisotopic (exact) mass is 240 g/mol. The smallest absolute Gasteiger partial charge is 0.260 e. The van der Waals surface area contributed by atoms with Crippen molar-refractivity contribution in [3.8, 4) is 0 Å². The summed E-state index contributed by atoms with van der Waals surface area (Å²) in [5.41, 5.74) is 3.69. The molecule has 0 aliphatic heterocycles. The van der Waals surface area contributed by atoms with Crippen LogP contribution in [-0.2, 0) is 5.54 Å². The molecule has 1 heterocycles. The second-order valence-corrected chi connectivity index (χ2v) is 3.86. The van der Waals surface area contributed by atoms with Gasteiger partial charge in [-0.2, -0.15) is 0 Å². The van der Waals surface area contributed by atoms with Gasteiger partial charge in [0.2, 0.25) is 0 Å². The summed E-state index contributed by atoms with van der Waals surface area (Å²) in [6.45, 7) is 1.19. The lowest BCUT2D eigenvalue weighted by atomic mass is 9.95. The molecular weight excluding hydrogens is 233 g/mol. The number of hydrogen-bond donors (Lipinski definition) is 1. The average molecular weight is 241 g/mol. The molecule has 0 bridgehead atoms. The molecule has 0 amide bonds. The highest BCUT2D eigenvalue weighted by Gasteiger charge is 2.34.